The summed E-state index contributed by atoms with van der Waals surface area (Å²) in [6.45, 7) is 3.40. The number of nitrogens with one attached hydrogen (secondary N) is 1. The molecule has 0 radical (unpaired) electrons. The molecule has 0 aliphatic carbocycles. The van der Waals surface area contributed by atoms with Crippen molar-refractivity contribution >= 4 is 21.7 Å². The van der Waals surface area contributed by atoms with Crippen molar-refractivity contribution < 1.29 is 18.1 Å². The molecule has 1 aromatic carbocycles. The Kier molecular flexibility index (Phi) is 5.73. The third-order valence-electron chi connectivity index (χ3n) is 3.72. The Morgan fingerprint density at radius 1 is 1.29 bits per heavy atom. The molecule has 1 heterocycles. The minimum absolute atomic E-state index is 0.111. The highest BCUT2D eigenvalue weighted by atomic mass is 32.2. The molecule has 9 nitrogen and oxygen atoms in total. The van der Waals surface area contributed by atoms with Crippen LogP contribution in [0.4, 0.5) is 10.5 Å². The zero-order valence-electron chi connectivity index (χ0n) is 13.3. The molecule has 24 heavy (non-hydrogen) atoms. The SMILES string of the molecule is CCCNC(=O)N1CCN(S(=O)(=O)c2cccc([N+](=O)[O-])c2)CC1. The fraction of sp³-hybridized carbons (Fsp3) is 0.500. The van der Waals surface area contributed by atoms with E-state index in [-0.39, 0.29) is 42.8 Å². The maximum atomic E-state index is 12.6. The first kappa shape index (κ1) is 18.1. The predicted octanol–water partition coefficient (Wildman–Crippen LogP) is 1.02. The molecule has 1 fully saturated rings. The molecule has 0 saturated carbocycles. The standard InChI is InChI=1S/C14H20N4O5S/c1-2-6-15-14(19)16-7-9-17(10-8-16)24(22,23)13-5-3-4-12(11-13)18(20)21/h3-5,11H,2,6-10H2,1H3,(H,15,19). The van der Waals surface area contributed by atoms with Gasteiger partial charge in [0, 0.05) is 44.9 Å². The van der Waals surface area contributed by atoms with Crippen molar-refractivity contribution in [2.45, 2.75) is 18.2 Å². The molecule has 2 amide bonds. The van der Waals surface area contributed by atoms with Gasteiger partial charge in [-0.3, -0.25) is 10.1 Å². The van der Waals surface area contributed by atoms with Crippen LogP contribution in [0.2, 0.25) is 0 Å². The van der Waals surface area contributed by atoms with Crippen molar-refractivity contribution in [2.24, 2.45) is 0 Å². The number of urea groups is 1. The van der Waals surface area contributed by atoms with Gasteiger partial charge >= 0.3 is 6.03 Å². The maximum Gasteiger partial charge on any atom is 0.317 e. The lowest BCUT2D eigenvalue weighted by molar-refractivity contribution is -0.385. The average molecular weight is 356 g/mol. The van der Waals surface area contributed by atoms with Gasteiger partial charge in [-0.15, -0.1) is 0 Å². The van der Waals surface area contributed by atoms with E-state index in [4.69, 9.17) is 0 Å². The average Bonchev–Trinajstić information content (AvgIpc) is 2.59. The van der Waals surface area contributed by atoms with Gasteiger partial charge in [0.15, 0.2) is 0 Å². The number of nitro benzene ring substituents is 1. The van der Waals surface area contributed by atoms with Gasteiger partial charge in [0.05, 0.1) is 9.82 Å². The Labute approximate surface area is 140 Å². The molecule has 10 heteroatoms. The fourth-order valence-corrected chi connectivity index (χ4v) is 3.84. The monoisotopic (exact) mass is 356 g/mol. The van der Waals surface area contributed by atoms with E-state index in [0.717, 1.165) is 12.5 Å². The quantitative estimate of drug-likeness (QED) is 0.625. The summed E-state index contributed by atoms with van der Waals surface area (Å²) in [7, 11) is -3.81. The molecule has 1 aliphatic heterocycles. The number of nitrogens with zero attached hydrogens (tertiary/aromatic N) is 3. The van der Waals surface area contributed by atoms with E-state index >= 15 is 0 Å². The van der Waals surface area contributed by atoms with E-state index in [0.29, 0.717) is 6.54 Å². The molecule has 2 rings (SSSR count). The third-order valence-corrected chi connectivity index (χ3v) is 5.61. The second-order valence-corrected chi connectivity index (χ2v) is 7.32. The van der Waals surface area contributed by atoms with E-state index in [9.17, 15) is 23.3 Å². The van der Waals surface area contributed by atoms with Gasteiger partial charge in [-0.25, -0.2) is 13.2 Å². The minimum Gasteiger partial charge on any atom is -0.338 e. The number of rotatable bonds is 5. The lowest BCUT2D eigenvalue weighted by Gasteiger charge is -2.33. The van der Waals surface area contributed by atoms with Crippen LogP contribution in [-0.2, 0) is 10.0 Å². The molecule has 1 aromatic rings. The first-order valence-electron chi connectivity index (χ1n) is 7.63. The van der Waals surface area contributed by atoms with Crippen molar-refractivity contribution in [3.05, 3.63) is 34.4 Å². The third kappa shape index (κ3) is 4.01. The number of hydrogen-bond acceptors (Lipinski definition) is 5. The Bertz CT molecular complexity index is 714. The molecular weight excluding hydrogens is 336 g/mol. The van der Waals surface area contributed by atoms with E-state index in [1.807, 2.05) is 6.92 Å². The summed E-state index contributed by atoms with van der Waals surface area (Å²) in [4.78, 5) is 23.5. The highest BCUT2D eigenvalue weighted by Gasteiger charge is 2.30. The normalized spacial score (nSPS) is 16.0. The van der Waals surface area contributed by atoms with Crippen LogP contribution in [0.1, 0.15) is 13.3 Å². The summed E-state index contributed by atoms with van der Waals surface area (Å²) < 4.78 is 26.4. The zero-order chi connectivity index (χ0) is 17.7. The van der Waals surface area contributed by atoms with Crippen LogP contribution in [-0.4, -0.2) is 61.3 Å². The van der Waals surface area contributed by atoms with Gasteiger partial charge < -0.3 is 10.2 Å². The van der Waals surface area contributed by atoms with Crippen molar-refractivity contribution in [1.82, 2.24) is 14.5 Å². The molecule has 0 bridgehead atoms. The van der Waals surface area contributed by atoms with E-state index in [1.165, 1.54) is 22.5 Å². The largest absolute Gasteiger partial charge is 0.338 e. The van der Waals surface area contributed by atoms with Gasteiger partial charge in [-0.05, 0) is 12.5 Å². The molecule has 1 saturated heterocycles. The Hall–Kier alpha value is -2.20. The number of piperazine rings is 1. The Morgan fingerprint density at radius 2 is 1.96 bits per heavy atom. The van der Waals surface area contributed by atoms with Crippen molar-refractivity contribution in [1.29, 1.82) is 0 Å². The molecule has 0 unspecified atom stereocenters. The second kappa shape index (κ2) is 7.58. The van der Waals surface area contributed by atoms with Crippen LogP contribution in [0.3, 0.4) is 0 Å². The Morgan fingerprint density at radius 3 is 2.54 bits per heavy atom. The number of nitro groups is 1. The summed E-state index contributed by atoms with van der Waals surface area (Å²) in [5, 5.41) is 13.6. The first-order chi connectivity index (χ1) is 11.4. The van der Waals surface area contributed by atoms with Gasteiger partial charge in [-0.1, -0.05) is 13.0 Å². The summed E-state index contributed by atoms with van der Waals surface area (Å²) in [5.74, 6) is 0. The highest BCUT2D eigenvalue weighted by molar-refractivity contribution is 7.89. The van der Waals surface area contributed by atoms with Crippen molar-refractivity contribution in [3.63, 3.8) is 0 Å². The van der Waals surface area contributed by atoms with Crippen LogP contribution >= 0.6 is 0 Å². The Balaban J connectivity index is 2.06. The van der Waals surface area contributed by atoms with Gasteiger partial charge in [0.2, 0.25) is 10.0 Å². The van der Waals surface area contributed by atoms with Gasteiger partial charge in [0.1, 0.15) is 0 Å². The lowest BCUT2D eigenvalue weighted by atomic mass is 10.3. The lowest BCUT2D eigenvalue weighted by Crippen LogP contribution is -2.53. The van der Waals surface area contributed by atoms with Crippen LogP contribution in [0.25, 0.3) is 0 Å². The van der Waals surface area contributed by atoms with Crippen LogP contribution < -0.4 is 5.32 Å². The number of non-ortho nitro benzene ring substituents is 1. The molecule has 1 N–H and O–H groups in total. The number of carbonyl (C=O) groups excluding carboxylic acids is 1. The van der Waals surface area contributed by atoms with Crippen LogP contribution in [0.5, 0.6) is 0 Å². The maximum absolute atomic E-state index is 12.6. The number of benzene rings is 1. The summed E-state index contributed by atoms with van der Waals surface area (Å²) >= 11 is 0. The molecule has 0 atom stereocenters. The number of amides is 2. The minimum atomic E-state index is -3.81. The second-order valence-electron chi connectivity index (χ2n) is 5.38. The van der Waals surface area contributed by atoms with Gasteiger partial charge in [-0.2, -0.15) is 4.31 Å². The van der Waals surface area contributed by atoms with Crippen molar-refractivity contribution in [3.8, 4) is 0 Å². The van der Waals surface area contributed by atoms with Crippen LogP contribution in [0, 0.1) is 10.1 Å². The number of sulfonamides is 1. The summed E-state index contributed by atoms with van der Waals surface area (Å²) in [6, 6.07) is 4.77. The van der Waals surface area contributed by atoms with E-state index in [1.54, 1.807) is 4.90 Å². The van der Waals surface area contributed by atoms with E-state index in [2.05, 4.69) is 5.32 Å². The summed E-state index contributed by atoms with van der Waals surface area (Å²) in [5.41, 5.74) is -0.270. The number of carbonyl (C=O) groups is 1. The van der Waals surface area contributed by atoms with E-state index < -0.39 is 14.9 Å². The molecule has 132 valence electrons. The summed E-state index contributed by atoms with van der Waals surface area (Å²) in [6.07, 6.45) is 0.826. The molecule has 0 aromatic heterocycles. The topological polar surface area (TPSA) is 113 Å². The highest BCUT2D eigenvalue weighted by Crippen LogP contribution is 2.22. The number of hydrogen-bond donors (Lipinski definition) is 1. The van der Waals surface area contributed by atoms with Gasteiger partial charge in [0.25, 0.3) is 5.69 Å². The molecular formula is C14H20N4O5S. The van der Waals surface area contributed by atoms with Crippen molar-refractivity contribution in [2.75, 3.05) is 32.7 Å². The smallest absolute Gasteiger partial charge is 0.317 e. The van der Waals surface area contributed by atoms with Crippen LogP contribution in [0.15, 0.2) is 29.2 Å². The fourth-order valence-electron chi connectivity index (χ4n) is 2.38. The zero-order valence-corrected chi connectivity index (χ0v) is 14.2. The molecule has 1 aliphatic rings. The first-order valence-corrected chi connectivity index (χ1v) is 9.07. The molecule has 0 spiro atoms. The predicted molar refractivity (Wildman–Crippen MR) is 87.1 cm³/mol.